The highest BCUT2D eigenvalue weighted by atomic mass is 16.3. The van der Waals surface area contributed by atoms with Crippen LogP contribution in [0.4, 0.5) is 0 Å². The van der Waals surface area contributed by atoms with Crippen LogP contribution in [0.1, 0.15) is 39.0 Å². The van der Waals surface area contributed by atoms with Gasteiger partial charge in [-0.05, 0) is 31.7 Å². The SMILES string of the molecule is CCCNCC1CCCCC1O. The Morgan fingerprint density at radius 1 is 1.33 bits per heavy atom. The Labute approximate surface area is 75.4 Å². The van der Waals surface area contributed by atoms with Gasteiger partial charge >= 0.3 is 0 Å². The Kier molecular flexibility index (Phi) is 4.62. The molecule has 72 valence electrons. The first-order chi connectivity index (χ1) is 5.84. The van der Waals surface area contributed by atoms with Crippen molar-refractivity contribution < 1.29 is 5.11 Å². The van der Waals surface area contributed by atoms with Crippen LogP contribution >= 0.6 is 0 Å². The maximum Gasteiger partial charge on any atom is 0.0580 e. The van der Waals surface area contributed by atoms with Gasteiger partial charge in [-0.3, -0.25) is 0 Å². The summed E-state index contributed by atoms with van der Waals surface area (Å²) in [5.41, 5.74) is 0. The Hall–Kier alpha value is -0.0800. The molecule has 0 radical (unpaired) electrons. The van der Waals surface area contributed by atoms with Crippen molar-refractivity contribution in [2.24, 2.45) is 5.92 Å². The van der Waals surface area contributed by atoms with Crippen molar-refractivity contribution in [3.63, 3.8) is 0 Å². The van der Waals surface area contributed by atoms with Gasteiger partial charge in [0, 0.05) is 6.54 Å². The van der Waals surface area contributed by atoms with Gasteiger partial charge in [-0.1, -0.05) is 19.8 Å². The summed E-state index contributed by atoms with van der Waals surface area (Å²) in [7, 11) is 0. The number of hydrogen-bond acceptors (Lipinski definition) is 2. The van der Waals surface area contributed by atoms with Gasteiger partial charge in [-0.25, -0.2) is 0 Å². The summed E-state index contributed by atoms with van der Waals surface area (Å²) in [6, 6.07) is 0. The number of hydrogen-bond donors (Lipinski definition) is 2. The monoisotopic (exact) mass is 171 g/mol. The molecule has 1 fully saturated rings. The van der Waals surface area contributed by atoms with Crippen molar-refractivity contribution in [2.75, 3.05) is 13.1 Å². The molecule has 2 unspecified atom stereocenters. The van der Waals surface area contributed by atoms with Crippen LogP contribution in [0, 0.1) is 5.92 Å². The zero-order valence-electron chi connectivity index (χ0n) is 8.05. The third kappa shape index (κ3) is 3.11. The first-order valence-electron chi connectivity index (χ1n) is 5.23. The van der Waals surface area contributed by atoms with Gasteiger partial charge in [0.25, 0.3) is 0 Å². The minimum Gasteiger partial charge on any atom is -0.393 e. The molecule has 0 saturated heterocycles. The van der Waals surface area contributed by atoms with E-state index in [9.17, 15) is 5.11 Å². The summed E-state index contributed by atoms with van der Waals surface area (Å²) in [6.45, 7) is 4.27. The summed E-state index contributed by atoms with van der Waals surface area (Å²) >= 11 is 0. The third-order valence-electron chi connectivity index (χ3n) is 2.70. The summed E-state index contributed by atoms with van der Waals surface area (Å²) in [4.78, 5) is 0. The second-order valence-electron chi connectivity index (χ2n) is 3.82. The van der Waals surface area contributed by atoms with Crippen molar-refractivity contribution in [2.45, 2.75) is 45.1 Å². The van der Waals surface area contributed by atoms with E-state index in [4.69, 9.17) is 0 Å². The van der Waals surface area contributed by atoms with Crippen molar-refractivity contribution >= 4 is 0 Å². The van der Waals surface area contributed by atoms with Crippen LogP contribution in [0.5, 0.6) is 0 Å². The topological polar surface area (TPSA) is 32.3 Å². The molecule has 1 saturated carbocycles. The van der Waals surface area contributed by atoms with Crippen LogP contribution in [0.15, 0.2) is 0 Å². The molecule has 2 heteroatoms. The van der Waals surface area contributed by atoms with E-state index in [-0.39, 0.29) is 6.10 Å². The maximum atomic E-state index is 9.63. The maximum absolute atomic E-state index is 9.63. The lowest BCUT2D eigenvalue weighted by Crippen LogP contribution is -2.34. The van der Waals surface area contributed by atoms with Crippen LogP contribution in [0.2, 0.25) is 0 Å². The molecular formula is C10H21NO. The quantitative estimate of drug-likeness (QED) is 0.629. The lowest BCUT2D eigenvalue weighted by atomic mass is 9.86. The van der Waals surface area contributed by atoms with E-state index < -0.39 is 0 Å². The van der Waals surface area contributed by atoms with Gasteiger partial charge in [-0.15, -0.1) is 0 Å². The van der Waals surface area contributed by atoms with Crippen molar-refractivity contribution in [1.29, 1.82) is 0 Å². The Balaban J connectivity index is 2.11. The predicted molar refractivity (Wildman–Crippen MR) is 51.1 cm³/mol. The summed E-state index contributed by atoms with van der Waals surface area (Å²) in [5, 5.41) is 13.0. The molecule has 0 amide bonds. The van der Waals surface area contributed by atoms with E-state index in [1.54, 1.807) is 0 Å². The molecule has 1 aliphatic carbocycles. The average molecular weight is 171 g/mol. The van der Waals surface area contributed by atoms with Crippen LogP contribution in [-0.2, 0) is 0 Å². The highest BCUT2D eigenvalue weighted by Crippen LogP contribution is 2.23. The fourth-order valence-corrected chi connectivity index (χ4v) is 1.89. The fraction of sp³-hybridized carbons (Fsp3) is 1.00. The number of nitrogens with one attached hydrogen (secondary N) is 1. The largest absolute Gasteiger partial charge is 0.393 e. The summed E-state index contributed by atoms with van der Waals surface area (Å²) < 4.78 is 0. The second-order valence-corrected chi connectivity index (χ2v) is 3.82. The molecule has 0 aliphatic heterocycles. The first-order valence-corrected chi connectivity index (χ1v) is 5.23. The number of aliphatic hydroxyl groups is 1. The zero-order chi connectivity index (χ0) is 8.81. The van der Waals surface area contributed by atoms with Gasteiger partial charge in [0.05, 0.1) is 6.10 Å². The van der Waals surface area contributed by atoms with Gasteiger partial charge in [0.15, 0.2) is 0 Å². The molecule has 0 spiro atoms. The number of aliphatic hydroxyl groups excluding tert-OH is 1. The minimum atomic E-state index is -0.0388. The van der Waals surface area contributed by atoms with E-state index >= 15 is 0 Å². The Bertz CT molecular complexity index is 116. The molecule has 2 N–H and O–H groups in total. The molecule has 2 atom stereocenters. The Morgan fingerprint density at radius 2 is 2.08 bits per heavy atom. The van der Waals surface area contributed by atoms with E-state index in [2.05, 4.69) is 12.2 Å². The van der Waals surface area contributed by atoms with Crippen molar-refractivity contribution in [3.8, 4) is 0 Å². The van der Waals surface area contributed by atoms with Crippen LogP contribution in [-0.4, -0.2) is 24.3 Å². The molecule has 1 rings (SSSR count). The molecule has 1 aliphatic rings. The first kappa shape index (κ1) is 10.0. The van der Waals surface area contributed by atoms with Crippen LogP contribution in [0.25, 0.3) is 0 Å². The molecule has 0 bridgehead atoms. The molecule has 12 heavy (non-hydrogen) atoms. The van der Waals surface area contributed by atoms with Gasteiger partial charge < -0.3 is 10.4 Å². The average Bonchev–Trinajstić information content (AvgIpc) is 2.09. The molecule has 2 nitrogen and oxygen atoms in total. The molecule has 0 heterocycles. The zero-order valence-corrected chi connectivity index (χ0v) is 8.05. The molecule has 0 aromatic heterocycles. The van der Waals surface area contributed by atoms with Crippen LogP contribution < -0.4 is 5.32 Å². The molecular weight excluding hydrogens is 150 g/mol. The lowest BCUT2D eigenvalue weighted by molar-refractivity contribution is 0.0698. The van der Waals surface area contributed by atoms with E-state index in [0.29, 0.717) is 5.92 Å². The number of rotatable bonds is 4. The van der Waals surface area contributed by atoms with Gasteiger partial charge in [-0.2, -0.15) is 0 Å². The van der Waals surface area contributed by atoms with Gasteiger partial charge in [0.2, 0.25) is 0 Å². The lowest BCUT2D eigenvalue weighted by Gasteiger charge is -2.27. The smallest absolute Gasteiger partial charge is 0.0580 e. The second kappa shape index (κ2) is 5.55. The van der Waals surface area contributed by atoms with Crippen LogP contribution in [0.3, 0.4) is 0 Å². The standard InChI is InChI=1S/C10H21NO/c1-2-7-11-8-9-5-3-4-6-10(9)12/h9-12H,2-8H2,1H3. The van der Waals surface area contributed by atoms with Crippen molar-refractivity contribution in [1.82, 2.24) is 5.32 Å². The van der Waals surface area contributed by atoms with E-state index in [0.717, 1.165) is 19.5 Å². The van der Waals surface area contributed by atoms with E-state index in [1.807, 2.05) is 0 Å². The highest BCUT2D eigenvalue weighted by molar-refractivity contribution is 4.75. The third-order valence-corrected chi connectivity index (χ3v) is 2.70. The van der Waals surface area contributed by atoms with Gasteiger partial charge in [0.1, 0.15) is 0 Å². The van der Waals surface area contributed by atoms with Crippen molar-refractivity contribution in [3.05, 3.63) is 0 Å². The summed E-state index contributed by atoms with van der Waals surface area (Å²) in [6.07, 6.45) is 5.88. The Morgan fingerprint density at radius 3 is 2.75 bits per heavy atom. The molecule has 0 aromatic rings. The normalized spacial score (nSPS) is 30.5. The summed E-state index contributed by atoms with van der Waals surface area (Å²) in [5.74, 6) is 0.519. The van der Waals surface area contributed by atoms with E-state index in [1.165, 1.54) is 25.7 Å². The predicted octanol–water partition coefficient (Wildman–Crippen LogP) is 1.54. The minimum absolute atomic E-state index is 0.0388. The molecule has 0 aromatic carbocycles. The highest BCUT2D eigenvalue weighted by Gasteiger charge is 2.21. The fourth-order valence-electron chi connectivity index (χ4n) is 1.89.